The Labute approximate surface area is 434 Å². The molecule has 0 heteroatoms. The van der Waals surface area contributed by atoms with Gasteiger partial charge in [0.05, 0.1) is 0 Å². The largest absolute Gasteiger partial charge is 0.0610 e. The monoisotopic (exact) mass is 946 g/mol. The Balaban J connectivity index is 0.782. The fourth-order valence-corrected chi connectivity index (χ4v) is 14.7. The molecule has 3 aliphatic rings. The molecule has 13 aromatic carbocycles. The van der Waals surface area contributed by atoms with Crippen LogP contribution >= 0.6 is 0 Å². The fourth-order valence-electron chi connectivity index (χ4n) is 14.7. The van der Waals surface area contributed by atoms with E-state index in [4.69, 9.17) is 0 Å². The highest BCUT2D eigenvalue weighted by Crippen LogP contribution is 2.58. The van der Waals surface area contributed by atoms with E-state index < -0.39 is 0 Å². The van der Waals surface area contributed by atoms with Gasteiger partial charge in [-0.3, -0.25) is 0 Å². The topological polar surface area (TPSA) is 0 Å². The molecular weight excluding hydrogens is 889 g/mol. The second-order valence-electron chi connectivity index (χ2n) is 25.7. The second-order valence-corrected chi connectivity index (χ2v) is 25.7. The van der Waals surface area contributed by atoms with Crippen LogP contribution in [0.4, 0.5) is 0 Å². The van der Waals surface area contributed by atoms with Crippen molar-refractivity contribution >= 4 is 75.4 Å². The van der Waals surface area contributed by atoms with Crippen molar-refractivity contribution in [1.29, 1.82) is 0 Å². The molecule has 354 valence electrons. The maximum absolute atomic E-state index is 2.52. The van der Waals surface area contributed by atoms with Crippen molar-refractivity contribution in [3.05, 3.63) is 203 Å². The maximum Gasteiger partial charge on any atom is 0.0159 e. The molecule has 0 unspecified atom stereocenters. The van der Waals surface area contributed by atoms with Crippen molar-refractivity contribution in [2.75, 3.05) is 0 Å². The zero-order valence-electron chi connectivity index (χ0n) is 44.2. The highest BCUT2D eigenvalue weighted by atomic mass is 14.4. The van der Waals surface area contributed by atoms with Crippen molar-refractivity contribution in [3.63, 3.8) is 0 Å². The number of hydrogen-bond donors (Lipinski definition) is 0. The van der Waals surface area contributed by atoms with Gasteiger partial charge in [0.1, 0.15) is 0 Å². The van der Waals surface area contributed by atoms with Crippen LogP contribution < -0.4 is 0 Å². The van der Waals surface area contributed by atoms with Crippen molar-refractivity contribution in [2.24, 2.45) is 0 Å². The minimum absolute atomic E-state index is 0.0883. The molecule has 0 atom stereocenters. The second kappa shape index (κ2) is 13.7. The quantitative estimate of drug-likeness (QED) is 0.152. The molecule has 0 saturated carbocycles. The predicted octanol–water partition coefficient (Wildman–Crippen LogP) is 20.8. The Hall–Kier alpha value is -7.80. The van der Waals surface area contributed by atoms with Gasteiger partial charge < -0.3 is 0 Å². The van der Waals surface area contributed by atoms with Crippen molar-refractivity contribution < 1.29 is 0 Å². The number of rotatable bonds is 2. The first kappa shape index (κ1) is 42.7. The van der Waals surface area contributed by atoms with Gasteiger partial charge in [-0.05, 0) is 217 Å². The standard InChI is InChI=1S/C74H58/c1-71(2,3)48-30-42-14-16-46-37-62-69(57-26-21-44(32-48)64(42)66(46)57)55-24-19-40(35-60(55)73(62,7)8)39-18-23-51-53-13-11-12-52-50(28-29-54(68(52)53)59(51)34-39)41-20-25-56-61(36-41)74(9,10)63-38-47-17-15-43-31-49(72(4,5)6)33-45-22-27-58(70(56)63)67(47)65(43)45/h11-38H,1-10H3. The van der Waals surface area contributed by atoms with Gasteiger partial charge >= 0.3 is 0 Å². The average molecular weight is 947 g/mol. The molecule has 0 fully saturated rings. The molecule has 0 saturated heterocycles. The summed E-state index contributed by atoms with van der Waals surface area (Å²) in [4.78, 5) is 0. The summed E-state index contributed by atoms with van der Waals surface area (Å²) in [6, 6.07) is 67.4. The van der Waals surface area contributed by atoms with E-state index in [9.17, 15) is 0 Å². The van der Waals surface area contributed by atoms with Gasteiger partial charge in [-0.2, -0.15) is 0 Å². The van der Waals surface area contributed by atoms with Gasteiger partial charge in [0, 0.05) is 10.8 Å². The highest BCUT2D eigenvalue weighted by Gasteiger charge is 2.40. The van der Waals surface area contributed by atoms with E-state index in [2.05, 4.69) is 239 Å². The summed E-state index contributed by atoms with van der Waals surface area (Å²) >= 11 is 0. The third kappa shape index (κ3) is 5.39. The first-order valence-corrected chi connectivity index (χ1v) is 27.0. The average Bonchev–Trinajstić information content (AvgIpc) is 3.95. The van der Waals surface area contributed by atoms with E-state index in [1.807, 2.05) is 0 Å². The number of benzene rings is 13. The fraction of sp³-hybridized carbons (Fsp3) is 0.189. The molecular formula is C74H58. The molecule has 0 nitrogen and oxygen atoms in total. The molecule has 13 aromatic rings. The van der Waals surface area contributed by atoms with Gasteiger partial charge in [-0.25, -0.2) is 0 Å². The number of fused-ring (bicyclic) bond motifs is 11. The Morgan fingerprint density at radius 2 is 0.676 bits per heavy atom. The normalized spacial score (nSPS) is 15.1. The smallest absolute Gasteiger partial charge is 0.0159 e. The molecule has 0 heterocycles. The van der Waals surface area contributed by atoms with Crippen molar-refractivity contribution in [2.45, 2.75) is 90.9 Å². The van der Waals surface area contributed by atoms with Crippen molar-refractivity contribution in [3.8, 4) is 66.8 Å². The summed E-state index contributed by atoms with van der Waals surface area (Å²) in [5, 5.41) is 19.0. The number of hydrogen-bond acceptors (Lipinski definition) is 0. The van der Waals surface area contributed by atoms with E-state index in [1.54, 1.807) is 0 Å². The van der Waals surface area contributed by atoms with Crippen LogP contribution in [0.3, 0.4) is 0 Å². The molecule has 0 aromatic heterocycles. The van der Waals surface area contributed by atoms with Crippen LogP contribution in [0.15, 0.2) is 170 Å². The Morgan fingerprint density at radius 3 is 1.19 bits per heavy atom. The minimum Gasteiger partial charge on any atom is -0.0610 e. The summed E-state index contributed by atoms with van der Waals surface area (Å²) in [5.41, 5.74) is 24.3. The zero-order chi connectivity index (χ0) is 50.3. The maximum atomic E-state index is 2.52. The minimum atomic E-state index is -0.154. The molecule has 0 radical (unpaired) electrons. The van der Waals surface area contributed by atoms with Crippen molar-refractivity contribution in [1.82, 2.24) is 0 Å². The van der Waals surface area contributed by atoms with E-state index in [0.29, 0.717) is 0 Å². The lowest BCUT2D eigenvalue weighted by Crippen LogP contribution is -2.15. The lowest BCUT2D eigenvalue weighted by Gasteiger charge is -2.24. The van der Waals surface area contributed by atoms with Gasteiger partial charge in [-0.15, -0.1) is 0 Å². The molecule has 0 spiro atoms. The molecule has 0 amide bonds. The molecule has 0 aliphatic heterocycles. The summed E-state index contributed by atoms with van der Waals surface area (Å²) in [6.45, 7) is 23.6. The summed E-state index contributed by atoms with van der Waals surface area (Å²) in [7, 11) is 0. The van der Waals surface area contributed by atoms with E-state index >= 15 is 0 Å². The van der Waals surface area contributed by atoms with E-state index in [1.165, 1.54) is 176 Å². The highest BCUT2D eigenvalue weighted by molar-refractivity contribution is 6.28. The van der Waals surface area contributed by atoms with Crippen LogP contribution in [0.1, 0.15) is 103 Å². The van der Waals surface area contributed by atoms with Crippen LogP contribution in [0.2, 0.25) is 0 Å². The van der Waals surface area contributed by atoms with Gasteiger partial charge in [0.25, 0.3) is 0 Å². The first-order valence-electron chi connectivity index (χ1n) is 27.0. The third-order valence-electron chi connectivity index (χ3n) is 18.7. The summed E-state index contributed by atoms with van der Waals surface area (Å²) < 4.78 is 0. The van der Waals surface area contributed by atoms with E-state index in [0.717, 1.165) is 0 Å². The molecule has 74 heavy (non-hydrogen) atoms. The SMILES string of the molecule is CC(C)(C)c1cc2ccc3cc4c(c5ccc(c1)c2c35)-c1ccc(-c2ccc3c(c2)-c2ccc(-c5ccc6c(c5)C(C)(C)c5cc7ccc8cc(C(C)(C)C)cc9ccc(c5-6)c7c89)c5cccc-3c25)cc1C4(C)C. The van der Waals surface area contributed by atoms with E-state index in [-0.39, 0.29) is 21.7 Å². The molecule has 16 rings (SSSR count). The Bertz CT molecular complexity index is 4670. The Kier molecular flexibility index (Phi) is 7.89. The molecule has 3 aliphatic carbocycles. The van der Waals surface area contributed by atoms with Gasteiger partial charge in [-0.1, -0.05) is 209 Å². The van der Waals surface area contributed by atoms with Gasteiger partial charge in [0.15, 0.2) is 0 Å². The van der Waals surface area contributed by atoms with Crippen LogP contribution in [0.5, 0.6) is 0 Å². The molecule has 0 N–H and O–H groups in total. The van der Waals surface area contributed by atoms with Crippen LogP contribution in [-0.4, -0.2) is 0 Å². The lowest BCUT2D eigenvalue weighted by molar-refractivity contribution is 0.591. The Morgan fingerprint density at radius 1 is 0.270 bits per heavy atom. The van der Waals surface area contributed by atoms with Crippen LogP contribution in [-0.2, 0) is 21.7 Å². The molecule has 0 bridgehead atoms. The first-order chi connectivity index (χ1) is 35.4. The van der Waals surface area contributed by atoms with Crippen LogP contribution in [0, 0.1) is 0 Å². The summed E-state index contributed by atoms with van der Waals surface area (Å²) in [5.74, 6) is 0. The summed E-state index contributed by atoms with van der Waals surface area (Å²) in [6.07, 6.45) is 0. The van der Waals surface area contributed by atoms with Gasteiger partial charge in [0.2, 0.25) is 0 Å². The predicted molar refractivity (Wildman–Crippen MR) is 319 cm³/mol. The lowest BCUT2D eigenvalue weighted by atomic mass is 9.79. The third-order valence-corrected chi connectivity index (χ3v) is 18.7. The van der Waals surface area contributed by atoms with Crippen LogP contribution in [0.25, 0.3) is 142 Å². The zero-order valence-corrected chi connectivity index (χ0v) is 44.2.